The number of para-hydroxylation sites is 9. The molecule has 8 heteroatoms. The van der Waals surface area contributed by atoms with E-state index in [1.807, 2.05) is 11.8 Å². The fourth-order valence-electron chi connectivity index (χ4n) is 14.5. The Morgan fingerprint density at radius 2 is 0.874 bits per heavy atom. The summed E-state index contributed by atoms with van der Waals surface area (Å²) in [6.07, 6.45) is 0. The van der Waals surface area contributed by atoms with Gasteiger partial charge in [-0.05, 0) is 149 Å². The van der Waals surface area contributed by atoms with Gasteiger partial charge in [0.15, 0.2) is 0 Å². The average molecular weight is 1130 g/mol. The van der Waals surface area contributed by atoms with Crippen molar-refractivity contribution < 1.29 is 4.74 Å². The molecule has 0 fully saturated rings. The highest BCUT2D eigenvalue weighted by Gasteiger charge is 2.46. The van der Waals surface area contributed by atoms with Crippen LogP contribution in [-0.4, -0.2) is 11.3 Å². The van der Waals surface area contributed by atoms with Gasteiger partial charge in [-0.15, -0.1) is 0 Å². The zero-order valence-corrected chi connectivity index (χ0v) is 48.0. The molecule has 4 aliphatic heterocycles. The molecule has 13 aromatic carbocycles. The average Bonchev–Trinajstić information content (AvgIpc) is 1.21. The van der Waals surface area contributed by atoms with E-state index < -0.39 is 0 Å². The lowest BCUT2D eigenvalue weighted by Gasteiger charge is -2.46. The van der Waals surface area contributed by atoms with Crippen LogP contribution in [0.4, 0.5) is 68.2 Å². The molecule has 0 bridgehead atoms. The number of aromatic nitrogens is 1. The molecule has 0 radical (unpaired) electrons. The third kappa shape index (κ3) is 7.71. The van der Waals surface area contributed by atoms with Gasteiger partial charge in [0, 0.05) is 72.2 Å². The van der Waals surface area contributed by atoms with Gasteiger partial charge in [-0.25, -0.2) is 0 Å². The minimum atomic E-state index is -0.155. The van der Waals surface area contributed by atoms with Crippen LogP contribution in [0, 0.1) is 0 Å². The van der Waals surface area contributed by atoms with Crippen molar-refractivity contribution in [2.24, 2.45) is 0 Å². The summed E-state index contributed by atoms with van der Waals surface area (Å²) in [5.74, 6) is 1.60. The van der Waals surface area contributed by atoms with E-state index in [9.17, 15) is 0 Å². The van der Waals surface area contributed by atoms with E-state index in [1.54, 1.807) is 0 Å². The molecule has 87 heavy (non-hydrogen) atoms. The quantitative estimate of drug-likeness (QED) is 0.134. The fraction of sp³-hybridized carbons (Fsp3) is 0.0127. The summed E-state index contributed by atoms with van der Waals surface area (Å²) >= 11 is 1.86. The third-order valence-electron chi connectivity index (χ3n) is 18.0. The maximum absolute atomic E-state index is 7.15. The van der Waals surface area contributed by atoms with Crippen molar-refractivity contribution in [3.05, 3.63) is 326 Å². The minimum Gasteiger partial charge on any atom is -0.458 e. The smallest absolute Gasteiger partial charge is 0.253 e. The Morgan fingerprint density at radius 3 is 1.54 bits per heavy atom. The van der Waals surface area contributed by atoms with Gasteiger partial charge in [-0.1, -0.05) is 193 Å². The second-order valence-electron chi connectivity index (χ2n) is 22.7. The van der Waals surface area contributed by atoms with Gasteiger partial charge < -0.3 is 28.9 Å². The van der Waals surface area contributed by atoms with E-state index >= 15 is 0 Å². The van der Waals surface area contributed by atoms with E-state index in [4.69, 9.17) is 4.74 Å². The van der Waals surface area contributed by atoms with Gasteiger partial charge in [0.2, 0.25) is 0 Å². The highest BCUT2D eigenvalue weighted by Crippen LogP contribution is 2.63. The van der Waals surface area contributed by atoms with Gasteiger partial charge in [0.25, 0.3) is 6.71 Å². The highest BCUT2D eigenvalue weighted by molar-refractivity contribution is 8.00. The maximum Gasteiger partial charge on any atom is 0.253 e. The van der Waals surface area contributed by atoms with Crippen LogP contribution in [0.1, 0.15) is 22.6 Å². The van der Waals surface area contributed by atoms with Crippen LogP contribution in [0.25, 0.3) is 27.5 Å². The number of hydrogen-bond donors (Lipinski definition) is 0. The zero-order valence-electron chi connectivity index (χ0n) is 47.2. The van der Waals surface area contributed by atoms with Crippen LogP contribution in [0.5, 0.6) is 11.5 Å². The van der Waals surface area contributed by atoms with Crippen molar-refractivity contribution >= 4 is 125 Å². The van der Waals surface area contributed by atoms with Crippen LogP contribution < -0.4 is 40.7 Å². The first kappa shape index (κ1) is 49.5. The minimum absolute atomic E-state index is 0.105. The summed E-state index contributed by atoms with van der Waals surface area (Å²) in [6.45, 7) is -0.105. The predicted molar refractivity (Wildman–Crippen MR) is 362 cm³/mol. The molecule has 1 atom stereocenters. The number of anilines is 12. The Balaban J connectivity index is 0.957. The summed E-state index contributed by atoms with van der Waals surface area (Å²) in [5.41, 5.74) is 24.0. The molecular formula is C79H52BN5OS. The molecule has 0 saturated carbocycles. The lowest BCUT2D eigenvalue weighted by atomic mass is 9.35. The van der Waals surface area contributed by atoms with Crippen molar-refractivity contribution in [1.29, 1.82) is 0 Å². The molecule has 1 aromatic heterocycles. The largest absolute Gasteiger partial charge is 0.458 e. The van der Waals surface area contributed by atoms with Crippen LogP contribution >= 0.6 is 11.8 Å². The van der Waals surface area contributed by atoms with Gasteiger partial charge in [-0.3, -0.25) is 0 Å². The molecule has 6 nitrogen and oxygen atoms in total. The first-order valence-electron chi connectivity index (χ1n) is 29.8. The topological polar surface area (TPSA) is 27.1 Å². The summed E-state index contributed by atoms with van der Waals surface area (Å²) in [6, 6.07) is 113. The molecule has 4 aliphatic rings. The molecule has 0 saturated heterocycles. The first-order chi connectivity index (χ1) is 43.2. The van der Waals surface area contributed by atoms with Crippen molar-refractivity contribution in [3.63, 3.8) is 0 Å². The Hall–Kier alpha value is -10.9. The molecule has 0 spiro atoms. The standard InChI is InChI=1S/C79H52BN5OS/c1-7-26-52(27-8-1)81(53-28-9-2-10-29-53)58-46-70-78-71(47-58)85(68-44-25-43-67-77(68)61-39-20-23-42-66(61)83(67)56-34-15-5-16-35-56)69-51-74-64(50-62(69)76(78)60-38-19-22-41-65(60)84(70)57-36-17-6-18-37-57)80-63-40-21-24-45-72(63)86-73-48-59(49-75(87-74)79(73)80)82(54-30-11-3-12-31-54)55-32-13-4-14-33-55/h1-51,76H. The van der Waals surface area contributed by atoms with E-state index in [0.29, 0.717) is 0 Å². The Labute approximate surface area is 509 Å². The molecule has 5 heterocycles. The second kappa shape index (κ2) is 19.8. The molecular weight excluding hydrogens is 1080 g/mol. The molecule has 14 aromatic rings. The number of fused-ring (bicyclic) bond motifs is 11. The SMILES string of the molecule is c1ccc(N(c2ccccc2)c2cc3c4c(c2)Sc2cc5c(cc2B4c2ccccc2O3)C2c3ccccc3N(c3ccccc3)c3cc(N(c4ccccc4)c4ccccc4)cc(c32)N5c2cccc3c2c2ccccc2n3-c2ccccc2)cc1. The van der Waals surface area contributed by atoms with Crippen LogP contribution in [0.2, 0.25) is 0 Å². The zero-order chi connectivity index (χ0) is 57.1. The third-order valence-corrected chi connectivity index (χ3v) is 19.1. The summed E-state index contributed by atoms with van der Waals surface area (Å²) in [4.78, 5) is 12.3. The highest BCUT2D eigenvalue weighted by atomic mass is 32.2. The first-order valence-corrected chi connectivity index (χ1v) is 30.6. The number of hydrogen-bond acceptors (Lipinski definition) is 6. The van der Waals surface area contributed by atoms with Crippen LogP contribution in [0.3, 0.4) is 0 Å². The number of benzene rings is 13. The Morgan fingerprint density at radius 1 is 0.345 bits per heavy atom. The van der Waals surface area contributed by atoms with Crippen LogP contribution in [0.15, 0.2) is 319 Å². The van der Waals surface area contributed by atoms with E-state index in [1.165, 1.54) is 53.6 Å². The Bertz CT molecular complexity index is 4950. The van der Waals surface area contributed by atoms with Crippen molar-refractivity contribution in [3.8, 4) is 17.2 Å². The second-order valence-corrected chi connectivity index (χ2v) is 23.8. The fourth-order valence-corrected chi connectivity index (χ4v) is 15.7. The molecule has 1 unspecified atom stereocenters. The van der Waals surface area contributed by atoms with Gasteiger partial charge >= 0.3 is 0 Å². The maximum atomic E-state index is 7.15. The van der Waals surface area contributed by atoms with Crippen molar-refractivity contribution in [2.45, 2.75) is 15.7 Å². The number of ether oxygens (including phenoxy) is 1. The molecule has 18 rings (SSSR count). The van der Waals surface area contributed by atoms with Crippen molar-refractivity contribution in [1.82, 2.24) is 4.57 Å². The van der Waals surface area contributed by atoms with Crippen LogP contribution in [-0.2, 0) is 0 Å². The van der Waals surface area contributed by atoms with Gasteiger partial charge in [0.05, 0.1) is 50.8 Å². The molecule has 0 aliphatic carbocycles. The molecule has 408 valence electrons. The normalized spacial score (nSPS) is 13.8. The number of rotatable bonds is 9. The number of nitrogens with zero attached hydrogens (tertiary/aromatic N) is 5. The summed E-state index contributed by atoms with van der Waals surface area (Å²) in [5, 5.41) is 2.37. The molecule has 0 amide bonds. The van der Waals surface area contributed by atoms with Crippen molar-refractivity contribution in [2.75, 3.05) is 19.6 Å². The predicted octanol–water partition coefficient (Wildman–Crippen LogP) is 19.6. The lowest BCUT2D eigenvalue weighted by molar-refractivity contribution is 0.486. The van der Waals surface area contributed by atoms with E-state index in [0.717, 1.165) is 96.5 Å². The monoisotopic (exact) mass is 1130 g/mol. The summed E-state index contributed by atoms with van der Waals surface area (Å²) < 4.78 is 9.59. The Kier molecular flexibility index (Phi) is 11.3. The van der Waals surface area contributed by atoms with E-state index in [-0.39, 0.29) is 12.6 Å². The van der Waals surface area contributed by atoms with Gasteiger partial charge in [-0.2, -0.15) is 0 Å². The summed E-state index contributed by atoms with van der Waals surface area (Å²) in [7, 11) is 0. The lowest BCUT2D eigenvalue weighted by Crippen LogP contribution is -2.58. The van der Waals surface area contributed by atoms with E-state index in [2.05, 4.69) is 334 Å². The van der Waals surface area contributed by atoms with Gasteiger partial charge in [0.1, 0.15) is 11.5 Å². The molecule has 0 N–H and O–H groups in total.